The van der Waals surface area contributed by atoms with Gasteiger partial charge in [-0.05, 0) is 35.9 Å². The summed E-state index contributed by atoms with van der Waals surface area (Å²) in [5.74, 6) is 0.504. The number of ether oxygens (including phenoxy) is 1. The number of hydrazone groups is 1. The maximum Gasteiger partial charge on any atom is 0.271 e. The van der Waals surface area contributed by atoms with E-state index in [2.05, 4.69) is 15.5 Å². The Hall–Kier alpha value is -3.86. The van der Waals surface area contributed by atoms with Crippen LogP contribution in [0.1, 0.15) is 15.9 Å². The van der Waals surface area contributed by atoms with E-state index in [1.807, 2.05) is 66.7 Å². The fraction of sp³-hybridized carbons (Fsp3) is 0.0435. The number of rotatable bonds is 5. The van der Waals surface area contributed by atoms with Crippen LogP contribution in [0.25, 0.3) is 22.2 Å². The molecule has 0 aliphatic carbocycles. The minimum absolute atomic E-state index is 0.254. The normalized spacial score (nSPS) is 11.0. The highest BCUT2D eigenvalue weighted by Crippen LogP contribution is 2.31. The van der Waals surface area contributed by atoms with Crippen LogP contribution in [-0.2, 0) is 0 Å². The van der Waals surface area contributed by atoms with Gasteiger partial charge in [0, 0.05) is 22.0 Å². The van der Waals surface area contributed by atoms with Crippen molar-refractivity contribution in [3.63, 3.8) is 0 Å². The van der Waals surface area contributed by atoms with Gasteiger partial charge in [-0.3, -0.25) is 4.79 Å². The summed E-state index contributed by atoms with van der Waals surface area (Å²) in [6, 6.07) is 24.8. The van der Waals surface area contributed by atoms with E-state index in [1.54, 1.807) is 25.5 Å². The number of aromatic amines is 1. The molecule has 0 saturated carbocycles. The van der Waals surface area contributed by atoms with Crippen molar-refractivity contribution in [2.24, 2.45) is 5.10 Å². The number of fused-ring (bicyclic) bond motifs is 1. The van der Waals surface area contributed by atoms with Gasteiger partial charge in [-0.1, -0.05) is 48.5 Å². The molecule has 0 fully saturated rings. The van der Waals surface area contributed by atoms with Gasteiger partial charge in [-0.25, -0.2) is 5.43 Å². The van der Waals surface area contributed by atoms with Crippen molar-refractivity contribution in [1.82, 2.24) is 10.4 Å². The van der Waals surface area contributed by atoms with Gasteiger partial charge in [0.25, 0.3) is 5.91 Å². The highest BCUT2D eigenvalue weighted by molar-refractivity contribution is 6.06. The van der Waals surface area contributed by atoms with Crippen molar-refractivity contribution in [3.05, 3.63) is 90.0 Å². The number of H-pyrrole nitrogens is 1. The molecule has 0 bridgehead atoms. The second-order valence-corrected chi connectivity index (χ2v) is 6.26. The minimum atomic E-state index is -0.254. The van der Waals surface area contributed by atoms with Crippen LogP contribution in [0.4, 0.5) is 0 Å². The predicted octanol–water partition coefficient (Wildman–Crippen LogP) is 4.61. The van der Waals surface area contributed by atoms with Gasteiger partial charge in [0.2, 0.25) is 0 Å². The Labute approximate surface area is 162 Å². The fourth-order valence-corrected chi connectivity index (χ4v) is 3.09. The van der Waals surface area contributed by atoms with Gasteiger partial charge in [-0.15, -0.1) is 0 Å². The lowest BCUT2D eigenvalue weighted by Gasteiger charge is -2.02. The van der Waals surface area contributed by atoms with E-state index in [9.17, 15) is 4.79 Å². The van der Waals surface area contributed by atoms with Crippen LogP contribution in [-0.4, -0.2) is 24.2 Å². The number of amides is 1. The molecule has 0 aliphatic heterocycles. The number of nitrogens with one attached hydrogen (secondary N) is 2. The van der Waals surface area contributed by atoms with Gasteiger partial charge < -0.3 is 9.72 Å². The maximum absolute atomic E-state index is 12.2. The SMILES string of the molecule is COc1ccc2[nH]c(-c3ccccc3)c(/C=N/NC(=O)c3ccccc3)c2c1. The smallest absolute Gasteiger partial charge is 0.271 e. The molecule has 0 aliphatic rings. The average molecular weight is 369 g/mol. The van der Waals surface area contributed by atoms with Crippen LogP contribution in [0.3, 0.4) is 0 Å². The molecular formula is C23H19N3O2. The van der Waals surface area contributed by atoms with Crippen molar-refractivity contribution in [2.75, 3.05) is 7.11 Å². The lowest BCUT2D eigenvalue weighted by molar-refractivity contribution is 0.0955. The van der Waals surface area contributed by atoms with Gasteiger partial charge in [0.1, 0.15) is 5.75 Å². The molecule has 1 amide bonds. The van der Waals surface area contributed by atoms with Crippen molar-refractivity contribution >= 4 is 23.0 Å². The lowest BCUT2D eigenvalue weighted by atomic mass is 10.1. The summed E-state index contributed by atoms with van der Waals surface area (Å²) in [6.07, 6.45) is 1.67. The van der Waals surface area contributed by atoms with Gasteiger partial charge >= 0.3 is 0 Å². The van der Waals surface area contributed by atoms with Gasteiger partial charge in [0.15, 0.2) is 0 Å². The molecule has 5 heteroatoms. The van der Waals surface area contributed by atoms with Crippen molar-refractivity contribution in [1.29, 1.82) is 0 Å². The molecule has 5 nitrogen and oxygen atoms in total. The third-order valence-electron chi connectivity index (χ3n) is 4.50. The molecule has 2 N–H and O–H groups in total. The van der Waals surface area contributed by atoms with Crippen LogP contribution in [0.15, 0.2) is 84.0 Å². The second-order valence-electron chi connectivity index (χ2n) is 6.26. The first-order chi connectivity index (χ1) is 13.8. The van der Waals surface area contributed by atoms with E-state index in [0.29, 0.717) is 5.56 Å². The molecule has 0 spiro atoms. The number of benzene rings is 3. The first-order valence-electron chi connectivity index (χ1n) is 8.90. The van der Waals surface area contributed by atoms with Gasteiger partial charge in [-0.2, -0.15) is 5.10 Å². The van der Waals surface area contributed by atoms with Crippen molar-refractivity contribution < 1.29 is 9.53 Å². The van der Waals surface area contributed by atoms with E-state index < -0.39 is 0 Å². The van der Waals surface area contributed by atoms with Crippen molar-refractivity contribution in [3.8, 4) is 17.0 Å². The zero-order valence-electron chi connectivity index (χ0n) is 15.3. The Kier molecular flexibility index (Phi) is 4.89. The standard InChI is InChI=1S/C23H19N3O2/c1-28-18-12-13-21-19(14-18)20(22(25-21)16-8-4-2-5-9-16)15-24-26-23(27)17-10-6-3-7-11-17/h2-15,25H,1H3,(H,26,27)/b24-15+. The Morgan fingerprint density at radius 3 is 2.43 bits per heavy atom. The monoisotopic (exact) mass is 369 g/mol. The summed E-state index contributed by atoms with van der Waals surface area (Å²) in [4.78, 5) is 15.7. The number of nitrogens with zero attached hydrogens (tertiary/aromatic N) is 1. The van der Waals surface area contributed by atoms with E-state index in [0.717, 1.165) is 33.5 Å². The Balaban J connectivity index is 1.72. The topological polar surface area (TPSA) is 66.5 Å². The summed E-state index contributed by atoms with van der Waals surface area (Å²) >= 11 is 0. The first-order valence-corrected chi connectivity index (χ1v) is 8.90. The number of methoxy groups -OCH3 is 1. The predicted molar refractivity (Wildman–Crippen MR) is 112 cm³/mol. The highest BCUT2D eigenvalue weighted by atomic mass is 16.5. The molecular weight excluding hydrogens is 350 g/mol. The van der Waals surface area contributed by atoms with Crippen LogP contribution >= 0.6 is 0 Å². The third kappa shape index (κ3) is 3.50. The first kappa shape index (κ1) is 17.5. The third-order valence-corrected chi connectivity index (χ3v) is 4.50. The molecule has 1 aromatic heterocycles. The zero-order valence-corrected chi connectivity index (χ0v) is 15.3. The summed E-state index contributed by atoms with van der Waals surface area (Å²) in [6.45, 7) is 0. The van der Waals surface area contributed by atoms with Gasteiger partial charge in [0.05, 0.1) is 19.0 Å². The number of hydrogen-bond acceptors (Lipinski definition) is 3. The van der Waals surface area contributed by atoms with Crippen LogP contribution in [0.2, 0.25) is 0 Å². The van der Waals surface area contributed by atoms with Crippen LogP contribution in [0.5, 0.6) is 5.75 Å². The average Bonchev–Trinajstić information content (AvgIpc) is 3.12. The molecule has 0 saturated heterocycles. The highest BCUT2D eigenvalue weighted by Gasteiger charge is 2.13. The Morgan fingerprint density at radius 2 is 1.71 bits per heavy atom. The summed E-state index contributed by atoms with van der Waals surface area (Å²) in [5, 5.41) is 5.17. The summed E-state index contributed by atoms with van der Waals surface area (Å²) < 4.78 is 5.36. The Morgan fingerprint density at radius 1 is 1.00 bits per heavy atom. The van der Waals surface area contributed by atoms with E-state index in [1.165, 1.54) is 0 Å². The zero-order chi connectivity index (χ0) is 19.3. The number of aromatic nitrogens is 1. The molecule has 1 heterocycles. The number of carbonyl (C=O) groups excluding carboxylic acids is 1. The number of hydrogen-bond donors (Lipinski definition) is 2. The molecule has 138 valence electrons. The summed E-state index contributed by atoms with van der Waals surface area (Å²) in [7, 11) is 1.64. The van der Waals surface area contributed by atoms with E-state index in [4.69, 9.17) is 4.74 Å². The second kappa shape index (κ2) is 7.80. The van der Waals surface area contributed by atoms with Crippen LogP contribution in [0, 0.1) is 0 Å². The fourth-order valence-electron chi connectivity index (χ4n) is 3.09. The van der Waals surface area contributed by atoms with E-state index in [-0.39, 0.29) is 5.91 Å². The largest absolute Gasteiger partial charge is 0.497 e. The number of carbonyl (C=O) groups is 1. The summed E-state index contributed by atoms with van der Waals surface area (Å²) in [5.41, 5.74) is 6.97. The minimum Gasteiger partial charge on any atom is -0.497 e. The Bertz CT molecular complexity index is 1130. The molecule has 4 aromatic rings. The molecule has 3 aromatic carbocycles. The molecule has 0 unspecified atom stereocenters. The lowest BCUT2D eigenvalue weighted by Crippen LogP contribution is -2.17. The van der Waals surface area contributed by atoms with Crippen LogP contribution < -0.4 is 10.2 Å². The maximum atomic E-state index is 12.2. The molecule has 28 heavy (non-hydrogen) atoms. The molecule has 0 atom stereocenters. The van der Waals surface area contributed by atoms with E-state index >= 15 is 0 Å². The molecule has 0 radical (unpaired) electrons. The van der Waals surface area contributed by atoms with Crippen molar-refractivity contribution in [2.45, 2.75) is 0 Å². The molecule has 4 rings (SSSR count). The quantitative estimate of drug-likeness (QED) is 0.399.